The van der Waals surface area contributed by atoms with Gasteiger partial charge in [0.25, 0.3) is 0 Å². The van der Waals surface area contributed by atoms with Crippen molar-refractivity contribution in [1.29, 1.82) is 0 Å². The predicted molar refractivity (Wildman–Crippen MR) is 74.6 cm³/mol. The Labute approximate surface area is 114 Å². The van der Waals surface area contributed by atoms with Gasteiger partial charge in [-0.05, 0) is 12.6 Å². The highest BCUT2D eigenvalue weighted by atomic mass is 16.5. The number of likely N-dealkylation sites (N-methyl/N-ethyl adjacent to an activating group) is 2. The molecule has 0 aromatic heterocycles. The van der Waals surface area contributed by atoms with E-state index in [1.807, 2.05) is 25.1 Å². The maximum atomic E-state index is 11.9. The maximum absolute atomic E-state index is 11.9. The van der Waals surface area contributed by atoms with Gasteiger partial charge >= 0.3 is 0 Å². The molecule has 0 heterocycles. The quantitative estimate of drug-likeness (QED) is 0.807. The maximum Gasteiger partial charge on any atom is 0.236 e. The number of rotatable bonds is 7. The molecule has 0 spiro atoms. The average Bonchev–Trinajstić information content (AvgIpc) is 2.44. The van der Waals surface area contributed by atoms with Crippen LogP contribution >= 0.6 is 0 Å². The lowest BCUT2D eigenvalue weighted by molar-refractivity contribution is -0.129. The number of para-hydroxylation sites is 1. The minimum Gasteiger partial charge on any atom is -0.493 e. The Morgan fingerprint density at radius 2 is 2.05 bits per heavy atom. The Bertz CT molecular complexity index is 421. The molecule has 1 amide bonds. The van der Waals surface area contributed by atoms with Crippen molar-refractivity contribution in [3.05, 3.63) is 23.8 Å². The zero-order chi connectivity index (χ0) is 14.3. The molecule has 106 valence electrons. The first kappa shape index (κ1) is 15.3. The normalized spacial score (nSPS) is 10.1. The standard InChI is InChI=1S/C14H22N2O3/c1-5-15-9-13(17)16(2)10-11-7-6-8-12(18-3)14(11)19-4/h6-8,15H,5,9-10H2,1-4H3. The number of methoxy groups -OCH3 is 2. The molecule has 5 heteroatoms. The molecule has 0 fully saturated rings. The van der Waals surface area contributed by atoms with Crippen LogP contribution in [0.3, 0.4) is 0 Å². The molecule has 5 nitrogen and oxygen atoms in total. The number of nitrogens with one attached hydrogen (secondary N) is 1. The molecule has 0 aliphatic rings. The first-order valence-corrected chi connectivity index (χ1v) is 6.28. The van der Waals surface area contributed by atoms with E-state index in [0.29, 0.717) is 24.6 Å². The molecule has 1 aromatic rings. The zero-order valence-corrected chi connectivity index (χ0v) is 12.0. The molecule has 1 aromatic carbocycles. The fourth-order valence-electron chi connectivity index (χ4n) is 1.79. The summed E-state index contributed by atoms with van der Waals surface area (Å²) in [7, 11) is 4.97. The van der Waals surface area contributed by atoms with Gasteiger partial charge in [-0.2, -0.15) is 0 Å². The fourth-order valence-corrected chi connectivity index (χ4v) is 1.79. The van der Waals surface area contributed by atoms with Gasteiger partial charge in [0.2, 0.25) is 5.91 Å². The second-order valence-electron chi connectivity index (χ2n) is 4.18. The number of hydrogen-bond donors (Lipinski definition) is 1. The topological polar surface area (TPSA) is 50.8 Å². The number of hydrogen-bond acceptors (Lipinski definition) is 4. The van der Waals surface area contributed by atoms with Crippen LogP contribution in [0.1, 0.15) is 12.5 Å². The van der Waals surface area contributed by atoms with Crippen LogP contribution in [0, 0.1) is 0 Å². The van der Waals surface area contributed by atoms with Gasteiger partial charge in [-0.15, -0.1) is 0 Å². The van der Waals surface area contributed by atoms with Crippen molar-refractivity contribution < 1.29 is 14.3 Å². The van der Waals surface area contributed by atoms with Gasteiger partial charge in [0, 0.05) is 19.2 Å². The average molecular weight is 266 g/mol. The minimum atomic E-state index is 0.0479. The van der Waals surface area contributed by atoms with E-state index in [2.05, 4.69) is 5.32 Å². The van der Waals surface area contributed by atoms with Gasteiger partial charge in [0.05, 0.1) is 20.8 Å². The summed E-state index contributed by atoms with van der Waals surface area (Å²) < 4.78 is 10.6. The summed E-state index contributed by atoms with van der Waals surface area (Å²) in [5.74, 6) is 1.40. The molecule has 0 aliphatic carbocycles. The van der Waals surface area contributed by atoms with Crippen LogP contribution in [0.2, 0.25) is 0 Å². The lowest BCUT2D eigenvalue weighted by atomic mass is 10.1. The lowest BCUT2D eigenvalue weighted by Crippen LogP contribution is -2.35. The molecule has 0 saturated heterocycles. The molecule has 19 heavy (non-hydrogen) atoms. The summed E-state index contributed by atoms with van der Waals surface area (Å²) in [6.45, 7) is 3.59. The van der Waals surface area contributed by atoms with E-state index in [1.165, 1.54) is 0 Å². The molecule has 0 aliphatic heterocycles. The van der Waals surface area contributed by atoms with Crippen LogP contribution in [0.15, 0.2) is 18.2 Å². The van der Waals surface area contributed by atoms with Crippen molar-refractivity contribution in [3.63, 3.8) is 0 Å². The number of carbonyl (C=O) groups is 1. The van der Waals surface area contributed by atoms with Gasteiger partial charge in [-0.25, -0.2) is 0 Å². The van der Waals surface area contributed by atoms with Crippen LogP contribution < -0.4 is 14.8 Å². The van der Waals surface area contributed by atoms with Gasteiger partial charge < -0.3 is 19.7 Å². The summed E-state index contributed by atoms with van der Waals surface area (Å²) in [5.41, 5.74) is 0.925. The lowest BCUT2D eigenvalue weighted by Gasteiger charge is -2.20. The van der Waals surface area contributed by atoms with E-state index in [1.54, 1.807) is 26.2 Å². The summed E-state index contributed by atoms with van der Waals surface area (Å²) in [5, 5.41) is 3.02. The van der Waals surface area contributed by atoms with E-state index in [0.717, 1.165) is 12.1 Å². The number of nitrogens with zero attached hydrogens (tertiary/aromatic N) is 1. The first-order valence-electron chi connectivity index (χ1n) is 6.28. The van der Waals surface area contributed by atoms with E-state index in [-0.39, 0.29) is 5.91 Å². The van der Waals surface area contributed by atoms with E-state index in [4.69, 9.17) is 9.47 Å². The number of amides is 1. The number of carbonyl (C=O) groups excluding carboxylic acids is 1. The molecule has 0 unspecified atom stereocenters. The van der Waals surface area contributed by atoms with Crippen molar-refractivity contribution in [2.24, 2.45) is 0 Å². The third kappa shape index (κ3) is 4.13. The molecular weight excluding hydrogens is 244 g/mol. The Hall–Kier alpha value is -1.75. The summed E-state index contributed by atoms with van der Waals surface area (Å²) in [4.78, 5) is 13.5. The molecule has 1 N–H and O–H groups in total. The summed E-state index contributed by atoms with van der Waals surface area (Å²) in [6, 6.07) is 5.65. The van der Waals surface area contributed by atoms with Crippen LogP contribution in [0.25, 0.3) is 0 Å². The SMILES string of the molecule is CCNCC(=O)N(C)Cc1cccc(OC)c1OC. The number of benzene rings is 1. The highest BCUT2D eigenvalue weighted by Crippen LogP contribution is 2.31. The monoisotopic (exact) mass is 266 g/mol. The Morgan fingerprint density at radius 3 is 2.63 bits per heavy atom. The molecule has 0 bridgehead atoms. The number of ether oxygens (including phenoxy) is 2. The minimum absolute atomic E-state index is 0.0479. The van der Waals surface area contributed by atoms with Gasteiger partial charge in [-0.1, -0.05) is 19.1 Å². The second kappa shape index (κ2) is 7.63. The Morgan fingerprint density at radius 1 is 1.32 bits per heavy atom. The highest BCUT2D eigenvalue weighted by Gasteiger charge is 2.14. The van der Waals surface area contributed by atoms with Crippen LogP contribution in [0.5, 0.6) is 11.5 Å². The Balaban J connectivity index is 2.78. The van der Waals surface area contributed by atoms with Crippen LogP contribution in [-0.4, -0.2) is 45.2 Å². The Kier molecular flexibility index (Phi) is 6.15. The zero-order valence-electron chi connectivity index (χ0n) is 12.0. The fraction of sp³-hybridized carbons (Fsp3) is 0.500. The van der Waals surface area contributed by atoms with Gasteiger partial charge in [0.1, 0.15) is 0 Å². The third-order valence-electron chi connectivity index (χ3n) is 2.84. The second-order valence-corrected chi connectivity index (χ2v) is 4.18. The summed E-state index contributed by atoms with van der Waals surface area (Å²) in [6.07, 6.45) is 0. The molecule has 0 atom stereocenters. The first-order chi connectivity index (χ1) is 9.13. The smallest absolute Gasteiger partial charge is 0.236 e. The molecule has 0 radical (unpaired) electrons. The molecule has 0 saturated carbocycles. The van der Waals surface area contributed by atoms with Crippen molar-refractivity contribution in [1.82, 2.24) is 10.2 Å². The largest absolute Gasteiger partial charge is 0.493 e. The van der Waals surface area contributed by atoms with E-state index in [9.17, 15) is 4.79 Å². The van der Waals surface area contributed by atoms with Crippen molar-refractivity contribution in [3.8, 4) is 11.5 Å². The van der Waals surface area contributed by atoms with E-state index >= 15 is 0 Å². The summed E-state index contributed by atoms with van der Waals surface area (Å²) >= 11 is 0. The van der Waals surface area contributed by atoms with Crippen molar-refractivity contribution in [2.45, 2.75) is 13.5 Å². The van der Waals surface area contributed by atoms with Gasteiger partial charge in [-0.3, -0.25) is 4.79 Å². The van der Waals surface area contributed by atoms with Crippen LogP contribution in [-0.2, 0) is 11.3 Å². The van der Waals surface area contributed by atoms with Gasteiger partial charge in [0.15, 0.2) is 11.5 Å². The van der Waals surface area contributed by atoms with E-state index < -0.39 is 0 Å². The third-order valence-corrected chi connectivity index (χ3v) is 2.84. The molecular formula is C14H22N2O3. The van der Waals surface area contributed by atoms with Crippen molar-refractivity contribution >= 4 is 5.91 Å². The van der Waals surface area contributed by atoms with Crippen LogP contribution in [0.4, 0.5) is 0 Å². The predicted octanol–water partition coefficient (Wildman–Crippen LogP) is 1.27. The van der Waals surface area contributed by atoms with Crippen molar-refractivity contribution in [2.75, 3.05) is 34.4 Å². The molecule has 1 rings (SSSR count). The highest BCUT2D eigenvalue weighted by molar-refractivity contribution is 5.78.